The van der Waals surface area contributed by atoms with Gasteiger partial charge in [-0.3, -0.25) is 14.5 Å². The fourth-order valence-corrected chi connectivity index (χ4v) is 4.81. The quantitative estimate of drug-likeness (QED) is 0.869. The van der Waals surface area contributed by atoms with Crippen molar-refractivity contribution in [2.75, 3.05) is 38.0 Å². The summed E-state index contributed by atoms with van der Waals surface area (Å²) in [6.45, 7) is 5.12. The summed E-state index contributed by atoms with van der Waals surface area (Å²) in [5.74, 6) is 0.927. The van der Waals surface area contributed by atoms with Crippen LogP contribution in [0.4, 0.5) is 5.13 Å². The van der Waals surface area contributed by atoms with Crippen LogP contribution in [-0.2, 0) is 17.6 Å². The van der Waals surface area contributed by atoms with Gasteiger partial charge in [0.25, 0.3) is 5.91 Å². The topological polar surface area (TPSA) is 78.7 Å². The Labute approximate surface area is 162 Å². The second-order valence-corrected chi connectivity index (χ2v) is 8.41. The molecule has 0 bridgehead atoms. The van der Waals surface area contributed by atoms with E-state index < -0.39 is 0 Å². The first kappa shape index (κ1) is 18.2. The molecule has 0 aromatic carbocycles. The average Bonchev–Trinajstić information content (AvgIpc) is 3.30. The number of carbonyl (C=O) groups is 2. The first-order valence-electron chi connectivity index (χ1n) is 9.42. The number of aromatic nitrogens is 1. The molecule has 3 heterocycles. The number of furan rings is 1. The molecular formula is C19H24N4O3S. The maximum atomic E-state index is 12.4. The molecule has 1 N–H and O–H groups in total. The Kier molecular flexibility index (Phi) is 5.27. The van der Waals surface area contributed by atoms with Crippen LogP contribution in [0.15, 0.2) is 22.8 Å². The second-order valence-electron chi connectivity index (χ2n) is 7.33. The lowest BCUT2D eigenvalue weighted by molar-refractivity contribution is -0.117. The first-order chi connectivity index (χ1) is 13.1. The van der Waals surface area contributed by atoms with E-state index in [0.29, 0.717) is 49.5 Å². The van der Waals surface area contributed by atoms with Crippen molar-refractivity contribution in [3.8, 4) is 0 Å². The minimum atomic E-state index is -0.0910. The van der Waals surface area contributed by atoms with Crippen molar-refractivity contribution in [3.63, 3.8) is 0 Å². The monoisotopic (exact) mass is 388 g/mol. The summed E-state index contributed by atoms with van der Waals surface area (Å²) in [6.07, 6.45) is 4.75. The van der Waals surface area contributed by atoms with Crippen molar-refractivity contribution in [2.45, 2.75) is 26.2 Å². The molecule has 4 rings (SSSR count). The number of nitrogens with zero attached hydrogens (tertiary/aromatic N) is 3. The molecule has 1 saturated heterocycles. The summed E-state index contributed by atoms with van der Waals surface area (Å²) >= 11 is 1.61. The minimum absolute atomic E-state index is 0.0417. The number of carbonyl (C=O) groups excluding carboxylic acids is 2. The maximum absolute atomic E-state index is 12.4. The number of aryl methyl sites for hydroxylation is 1. The fourth-order valence-electron chi connectivity index (χ4n) is 3.62. The molecule has 1 aliphatic heterocycles. The highest BCUT2D eigenvalue weighted by atomic mass is 32.1. The molecule has 8 heteroatoms. The van der Waals surface area contributed by atoms with Crippen molar-refractivity contribution in [1.29, 1.82) is 0 Å². The SMILES string of the molecule is CC1CCc2nc(NC(=O)CN3CCN(C(=O)c4ccco4)CC3)sc2C1. The van der Waals surface area contributed by atoms with E-state index in [0.717, 1.165) is 18.5 Å². The third-order valence-corrected chi connectivity index (χ3v) is 6.23. The molecule has 0 spiro atoms. The zero-order valence-electron chi connectivity index (χ0n) is 15.4. The Hall–Kier alpha value is -2.19. The van der Waals surface area contributed by atoms with Crippen molar-refractivity contribution in [1.82, 2.24) is 14.8 Å². The van der Waals surface area contributed by atoms with E-state index in [2.05, 4.69) is 22.1 Å². The van der Waals surface area contributed by atoms with Crippen LogP contribution >= 0.6 is 11.3 Å². The average molecular weight is 388 g/mol. The van der Waals surface area contributed by atoms with E-state index in [4.69, 9.17) is 4.42 Å². The van der Waals surface area contributed by atoms with Crippen LogP contribution in [-0.4, -0.2) is 59.3 Å². The van der Waals surface area contributed by atoms with E-state index in [-0.39, 0.29) is 11.8 Å². The van der Waals surface area contributed by atoms with Crippen molar-refractivity contribution in [2.24, 2.45) is 5.92 Å². The number of fused-ring (bicyclic) bond motifs is 1. The first-order valence-corrected chi connectivity index (χ1v) is 10.2. The molecule has 2 amide bonds. The van der Waals surface area contributed by atoms with Gasteiger partial charge in [0.2, 0.25) is 5.91 Å². The van der Waals surface area contributed by atoms with Gasteiger partial charge >= 0.3 is 0 Å². The number of anilines is 1. The molecule has 1 aliphatic carbocycles. The summed E-state index contributed by atoms with van der Waals surface area (Å²) in [6, 6.07) is 3.39. The molecule has 144 valence electrons. The van der Waals surface area contributed by atoms with Crippen LogP contribution < -0.4 is 5.32 Å². The number of piperazine rings is 1. The summed E-state index contributed by atoms with van der Waals surface area (Å²) in [4.78, 5) is 34.4. The van der Waals surface area contributed by atoms with Gasteiger partial charge in [0, 0.05) is 31.1 Å². The Morgan fingerprint density at radius 3 is 2.89 bits per heavy atom. The van der Waals surface area contributed by atoms with Gasteiger partial charge in [-0.1, -0.05) is 6.92 Å². The van der Waals surface area contributed by atoms with Crippen LogP contribution in [0.1, 0.15) is 34.5 Å². The largest absolute Gasteiger partial charge is 0.459 e. The lowest BCUT2D eigenvalue weighted by Crippen LogP contribution is -2.50. The molecule has 2 aliphatic rings. The number of hydrogen-bond acceptors (Lipinski definition) is 6. The van der Waals surface area contributed by atoms with Gasteiger partial charge in [0.05, 0.1) is 18.5 Å². The molecule has 0 radical (unpaired) electrons. The zero-order valence-corrected chi connectivity index (χ0v) is 16.3. The van der Waals surface area contributed by atoms with Crippen LogP contribution in [0.5, 0.6) is 0 Å². The highest BCUT2D eigenvalue weighted by Gasteiger charge is 2.25. The van der Waals surface area contributed by atoms with Gasteiger partial charge in [0.1, 0.15) is 0 Å². The molecular weight excluding hydrogens is 364 g/mol. The zero-order chi connectivity index (χ0) is 18.8. The van der Waals surface area contributed by atoms with E-state index in [9.17, 15) is 9.59 Å². The number of hydrogen-bond donors (Lipinski definition) is 1. The van der Waals surface area contributed by atoms with Crippen molar-refractivity contribution < 1.29 is 14.0 Å². The Morgan fingerprint density at radius 2 is 2.15 bits per heavy atom. The van der Waals surface area contributed by atoms with E-state index >= 15 is 0 Å². The predicted molar refractivity (Wildman–Crippen MR) is 103 cm³/mol. The number of thiazole rings is 1. The van der Waals surface area contributed by atoms with Crippen molar-refractivity contribution in [3.05, 3.63) is 34.7 Å². The lowest BCUT2D eigenvalue weighted by Gasteiger charge is -2.33. The molecule has 1 unspecified atom stereocenters. The molecule has 7 nitrogen and oxygen atoms in total. The Bertz CT molecular complexity index is 809. The number of rotatable bonds is 4. The lowest BCUT2D eigenvalue weighted by atomic mass is 9.93. The van der Waals surface area contributed by atoms with Gasteiger partial charge in [0.15, 0.2) is 10.9 Å². The van der Waals surface area contributed by atoms with Gasteiger partial charge in [-0.2, -0.15) is 0 Å². The summed E-state index contributed by atoms with van der Waals surface area (Å²) < 4.78 is 5.17. The minimum Gasteiger partial charge on any atom is -0.459 e. The van der Waals surface area contributed by atoms with Gasteiger partial charge in [-0.25, -0.2) is 4.98 Å². The third kappa shape index (κ3) is 4.22. The molecule has 1 fully saturated rings. The fraction of sp³-hybridized carbons (Fsp3) is 0.526. The Balaban J connectivity index is 1.26. The number of amides is 2. The second kappa shape index (κ2) is 7.82. The van der Waals surface area contributed by atoms with Crippen LogP contribution in [0.2, 0.25) is 0 Å². The Morgan fingerprint density at radius 1 is 1.33 bits per heavy atom. The van der Waals surface area contributed by atoms with Crippen LogP contribution in [0, 0.1) is 5.92 Å². The molecule has 2 aromatic heterocycles. The van der Waals surface area contributed by atoms with E-state index in [1.165, 1.54) is 17.6 Å². The maximum Gasteiger partial charge on any atom is 0.289 e. The summed E-state index contributed by atoms with van der Waals surface area (Å²) in [7, 11) is 0. The summed E-state index contributed by atoms with van der Waals surface area (Å²) in [5, 5.41) is 3.66. The van der Waals surface area contributed by atoms with Gasteiger partial charge < -0.3 is 14.6 Å². The standard InChI is InChI=1S/C19H24N4O3S/c1-13-4-5-14-16(11-13)27-19(20-14)21-17(24)12-22-6-8-23(9-7-22)18(25)15-3-2-10-26-15/h2-3,10,13H,4-9,11-12H2,1H3,(H,20,21,24). The predicted octanol–water partition coefficient (Wildman–Crippen LogP) is 2.26. The smallest absolute Gasteiger partial charge is 0.289 e. The molecule has 1 atom stereocenters. The highest BCUT2D eigenvalue weighted by Crippen LogP contribution is 2.32. The highest BCUT2D eigenvalue weighted by molar-refractivity contribution is 7.15. The van der Waals surface area contributed by atoms with E-state index in [1.54, 1.807) is 28.4 Å². The third-order valence-electron chi connectivity index (χ3n) is 5.19. The van der Waals surface area contributed by atoms with Crippen molar-refractivity contribution >= 4 is 28.3 Å². The molecule has 0 saturated carbocycles. The molecule has 27 heavy (non-hydrogen) atoms. The van der Waals surface area contributed by atoms with Gasteiger partial charge in [-0.15, -0.1) is 11.3 Å². The van der Waals surface area contributed by atoms with E-state index in [1.807, 2.05) is 0 Å². The molecule has 2 aromatic rings. The summed E-state index contributed by atoms with van der Waals surface area (Å²) in [5.41, 5.74) is 1.15. The van der Waals surface area contributed by atoms with Crippen LogP contribution in [0.25, 0.3) is 0 Å². The van der Waals surface area contributed by atoms with Gasteiger partial charge in [-0.05, 0) is 37.3 Å². The number of nitrogens with one attached hydrogen (secondary N) is 1. The van der Waals surface area contributed by atoms with Crippen LogP contribution in [0.3, 0.4) is 0 Å². The normalized spacial score (nSPS) is 20.3.